The van der Waals surface area contributed by atoms with Gasteiger partial charge in [0.1, 0.15) is 17.8 Å². The number of aryl methyl sites for hydroxylation is 1. The number of rotatable bonds is 4. The van der Waals surface area contributed by atoms with Crippen molar-refractivity contribution in [2.24, 2.45) is 12.5 Å². The molecule has 1 aromatic heterocycles. The highest BCUT2D eigenvalue weighted by atomic mass is 16.4. The summed E-state index contributed by atoms with van der Waals surface area (Å²) in [5.74, 6) is -0.980. The number of hydrogen-bond acceptors (Lipinski definition) is 4. The second-order valence-electron chi connectivity index (χ2n) is 7.77. The van der Waals surface area contributed by atoms with Crippen LogP contribution in [-0.4, -0.2) is 57.0 Å². The van der Waals surface area contributed by atoms with Crippen LogP contribution in [0.15, 0.2) is 12.3 Å². The van der Waals surface area contributed by atoms with Crippen molar-refractivity contribution in [3.8, 4) is 6.07 Å². The number of aliphatic carboxylic acids is 1. The molecule has 3 heterocycles. The number of nitrogens with zero attached hydrogens (tertiary/aromatic N) is 4. The van der Waals surface area contributed by atoms with Gasteiger partial charge in [0, 0.05) is 32.8 Å². The number of piperidine rings is 2. The first-order valence-corrected chi connectivity index (χ1v) is 9.13. The lowest BCUT2D eigenvalue weighted by Gasteiger charge is -2.48. The first-order valence-electron chi connectivity index (χ1n) is 9.13. The van der Waals surface area contributed by atoms with Crippen molar-refractivity contribution < 1.29 is 14.7 Å². The number of carbonyl (C=O) groups is 2. The third-order valence-electron chi connectivity index (χ3n) is 6.02. The number of aromatic nitrogens is 1. The van der Waals surface area contributed by atoms with Crippen molar-refractivity contribution in [3.63, 3.8) is 0 Å². The molecule has 3 rings (SSSR count). The van der Waals surface area contributed by atoms with E-state index in [1.165, 1.54) is 0 Å². The van der Waals surface area contributed by atoms with Gasteiger partial charge < -0.3 is 14.6 Å². The molecule has 0 bridgehead atoms. The van der Waals surface area contributed by atoms with Gasteiger partial charge in [0.15, 0.2) is 0 Å². The maximum absolute atomic E-state index is 12.2. The number of carboxylic acids is 1. The predicted octanol–water partition coefficient (Wildman–Crippen LogP) is 1.57. The van der Waals surface area contributed by atoms with E-state index in [-0.39, 0.29) is 11.3 Å². The van der Waals surface area contributed by atoms with E-state index in [4.69, 9.17) is 5.26 Å². The number of nitriles is 1. The SMILES string of the molecule is CC(C(=O)O)N1CC2(CCC1=O)CCN(Cc1cc(C#N)n(C)c1)CC2. The van der Waals surface area contributed by atoms with Crippen molar-refractivity contribution in [1.82, 2.24) is 14.4 Å². The van der Waals surface area contributed by atoms with Crippen LogP contribution in [0.3, 0.4) is 0 Å². The lowest BCUT2D eigenvalue weighted by atomic mass is 9.72. The Kier molecular flexibility index (Phi) is 5.05. The molecule has 26 heavy (non-hydrogen) atoms. The molecule has 0 aromatic carbocycles. The van der Waals surface area contributed by atoms with E-state index in [0.717, 1.165) is 44.5 Å². The zero-order valence-corrected chi connectivity index (χ0v) is 15.4. The molecule has 1 N–H and O–H groups in total. The number of likely N-dealkylation sites (tertiary alicyclic amines) is 2. The minimum absolute atomic E-state index is 0.0405. The molecule has 2 fully saturated rings. The summed E-state index contributed by atoms with van der Waals surface area (Å²) in [4.78, 5) is 27.4. The van der Waals surface area contributed by atoms with Gasteiger partial charge in [0.25, 0.3) is 0 Å². The first kappa shape index (κ1) is 18.5. The Labute approximate surface area is 153 Å². The summed E-state index contributed by atoms with van der Waals surface area (Å²) in [6, 6.07) is 3.36. The van der Waals surface area contributed by atoms with Crippen molar-refractivity contribution in [1.29, 1.82) is 5.26 Å². The summed E-state index contributed by atoms with van der Waals surface area (Å²) in [6.45, 7) is 4.83. The van der Waals surface area contributed by atoms with Gasteiger partial charge in [-0.05, 0) is 56.3 Å². The van der Waals surface area contributed by atoms with Gasteiger partial charge in [-0.1, -0.05) is 0 Å². The fourth-order valence-corrected chi connectivity index (χ4v) is 4.21. The summed E-state index contributed by atoms with van der Waals surface area (Å²) < 4.78 is 1.85. The molecule has 2 saturated heterocycles. The number of carboxylic acid groups (broad SMARTS) is 1. The molecule has 1 amide bonds. The third-order valence-corrected chi connectivity index (χ3v) is 6.02. The van der Waals surface area contributed by atoms with Gasteiger partial charge in [0.05, 0.1) is 0 Å². The molecule has 0 radical (unpaired) electrons. The predicted molar refractivity (Wildman–Crippen MR) is 95.1 cm³/mol. The standard InChI is InChI=1S/C19H26N4O3/c1-14(18(25)26)23-13-19(4-3-17(23)24)5-7-22(8-6-19)12-15-9-16(10-20)21(2)11-15/h9,11,14H,3-8,12-13H2,1-2H3,(H,25,26). The van der Waals surface area contributed by atoms with E-state index >= 15 is 0 Å². The average Bonchev–Trinajstić information content (AvgIpc) is 2.98. The Bertz CT molecular complexity index is 740. The molecular formula is C19H26N4O3. The molecule has 0 saturated carbocycles. The maximum Gasteiger partial charge on any atom is 0.326 e. The van der Waals surface area contributed by atoms with Crippen LogP contribution < -0.4 is 0 Å². The fraction of sp³-hybridized carbons (Fsp3) is 0.632. The van der Waals surface area contributed by atoms with Crippen LogP contribution in [0.25, 0.3) is 0 Å². The van der Waals surface area contributed by atoms with Crippen molar-refractivity contribution in [2.75, 3.05) is 19.6 Å². The van der Waals surface area contributed by atoms with Gasteiger partial charge in [-0.15, -0.1) is 0 Å². The Balaban J connectivity index is 1.61. The largest absolute Gasteiger partial charge is 0.480 e. The fourth-order valence-electron chi connectivity index (χ4n) is 4.21. The van der Waals surface area contributed by atoms with Crippen LogP contribution in [0.1, 0.15) is 43.9 Å². The third kappa shape index (κ3) is 3.61. The zero-order chi connectivity index (χ0) is 18.9. The van der Waals surface area contributed by atoms with E-state index in [1.54, 1.807) is 11.8 Å². The van der Waals surface area contributed by atoms with E-state index in [0.29, 0.717) is 18.7 Å². The summed E-state index contributed by atoms with van der Waals surface area (Å²) >= 11 is 0. The monoisotopic (exact) mass is 358 g/mol. The first-order chi connectivity index (χ1) is 12.3. The van der Waals surface area contributed by atoms with Gasteiger partial charge >= 0.3 is 5.97 Å². The highest BCUT2D eigenvalue weighted by Crippen LogP contribution is 2.41. The van der Waals surface area contributed by atoms with Crippen LogP contribution in [0.4, 0.5) is 0 Å². The zero-order valence-electron chi connectivity index (χ0n) is 15.4. The van der Waals surface area contributed by atoms with Gasteiger partial charge in [-0.25, -0.2) is 4.79 Å². The Morgan fingerprint density at radius 3 is 2.65 bits per heavy atom. The van der Waals surface area contributed by atoms with E-state index < -0.39 is 12.0 Å². The topological polar surface area (TPSA) is 89.6 Å². The summed E-state index contributed by atoms with van der Waals surface area (Å²) in [5.41, 5.74) is 1.85. The number of amides is 1. The van der Waals surface area contributed by atoms with Crippen LogP contribution in [0.5, 0.6) is 0 Å². The van der Waals surface area contributed by atoms with Crippen molar-refractivity contribution >= 4 is 11.9 Å². The van der Waals surface area contributed by atoms with Crippen LogP contribution in [-0.2, 0) is 23.2 Å². The normalized spacial score (nSPS) is 21.6. The van der Waals surface area contributed by atoms with Crippen LogP contribution in [0.2, 0.25) is 0 Å². The van der Waals surface area contributed by atoms with Gasteiger partial charge in [-0.2, -0.15) is 5.26 Å². The Hall–Kier alpha value is -2.33. The Morgan fingerprint density at radius 2 is 2.08 bits per heavy atom. The van der Waals surface area contributed by atoms with E-state index in [1.807, 2.05) is 23.9 Å². The highest BCUT2D eigenvalue weighted by Gasteiger charge is 2.43. The molecule has 2 aliphatic heterocycles. The lowest BCUT2D eigenvalue weighted by molar-refractivity contribution is -0.155. The summed E-state index contributed by atoms with van der Waals surface area (Å²) in [6.07, 6.45) is 5.24. The molecular weight excluding hydrogens is 332 g/mol. The summed E-state index contributed by atoms with van der Waals surface area (Å²) in [5, 5.41) is 18.3. The minimum Gasteiger partial charge on any atom is -0.480 e. The number of carbonyl (C=O) groups excluding carboxylic acids is 1. The molecule has 7 heteroatoms. The smallest absolute Gasteiger partial charge is 0.326 e. The molecule has 1 aromatic rings. The van der Waals surface area contributed by atoms with E-state index in [2.05, 4.69) is 11.0 Å². The Morgan fingerprint density at radius 1 is 1.38 bits per heavy atom. The maximum atomic E-state index is 12.2. The van der Waals surface area contributed by atoms with Crippen molar-refractivity contribution in [2.45, 2.75) is 45.2 Å². The highest BCUT2D eigenvalue weighted by molar-refractivity contribution is 5.84. The molecule has 1 spiro atoms. The van der Waals surface area contributed by atoms with E-state index in [9.17, 15) is 14.7 Å². The minimum atomic E-state index is -0.940. The van der Waals surface area contributed by atoms with Gasteiger partial charge in [-0.3, -0.25) is 9.69 Å². The molecule has 2 aliphatic rings. The second-order valence-corrected chi connectivity index (χ2v) is 7.77. The lowest BCUT2D eigenvalue weighted by Crippen LogP contribution is -2.55. The average molecular weight is 358 g/mol. The molecule has 140 valence electrons. The van der Waals surface area contributed by atoms with Crippen LogP contribution in [0, 0.1) is 16.7 Å². The van der Waals surface area contributed by atoms with Crippen LogP contribution >= 0.6 is 0 Å². The second kappa shape index (κ2) is 7.12. The van der Waals surface area contributed by atoms with Crippen molar-refractivity contribution in [3.05, 3.63) is 23.5 Å². The molecule has 7 nitrogen and oxygen atoms in total. The summed E-state index contributed by atoms with van der Waals surface area (Å²) in [7, 11) is 1.88. The molecule has 1 unspecified atom stereocenters. The number of hydrogen-bond donors (Lipinski definition) is 1. The quantitative estimate of drug-likeness (QED) is 0.882. The molecule has 0 aliphatic carbocycles. The van der Waals surface area contributed by atoms with Gasteiger partial charge in [0.2, 0.25) is 5.91 Å². The molecule has 1 atom stereocenters.